The zero-order valence-corrected chi connectivity index (χ0v) is 24.6. The maximum absolute atomic E-state index is 14.6. The van der Waals surface area contributed by atoms with Crippen molar-refractivity contribution >= 4 is 17.5 Å². The summed E-state index contributed by atoms with van der Waals surface area (Å²) in [4.78, 5) is 32.2. The summed E-state index contributed by atoms with van der Waals surface area (Å²) in [5.41, 5.74) is 3.54. The third-order valence-electron chi connectivity index (χ3n) is 7.72. The number of aromatic nitrogens is 2. The van der Waals surface area contributed by atoms with Crippen molar-refractivity contribution in [3.05, 3.63) is 101 Å². The Morgan fingerprint density at radius 1 is 0.907 bits per heavy atom. The molecule has 224 valence electrons. The molecule has 4 aromatic rings. The van der Waals surface area contributed by atoms with E-state index in [1.165, 1.54) is 16.5 Å². The minimum Gasteiger partial charge on any atom is -0.497 e. The Hall–Kier alpha value is -4.57. The molecule has 1 aromatic heterocycles. The molecule has 0 saturated heterocycles. The van der Waals surface area contributed by atoms with Gasteiger partial charge in [-0.2, -0.15) is 5.10 Å². The number of hydrogen-bond acceptors (Lipinski definition) is 5. The predicted molar refractivity (Wildman–Crippen MR) is 161 cm³/mol. The van der Waals surface area contributed by atoms with E-state index in [1.54, 1.807) is 25.1 Å². The zero-order valence-electron chi connectivity index (χ0n) is 24.6. The highest BCUT2D eigenvalue weighted by molar-refractivity contribution is 5.95. The number of carbonyl (C=O) groups is 2. The van der Waals surface area contributed by atoms with Crippen LogP contribution in [-0.4, -0.2) is 64.7 Å². The highest BCUT2D eigenvalue weighted by Gasteiger charge is 2.27. The number of ether oxygens (including phenoxy) is 1. The highest BCUT2D eigenvalue weighted by atomic mass is 19.2. The van der Waals surface area contributed by atoms with Gasteiger partial charge in [0.1, 0.15) is 11.4 Å². The van der Waals surface area contributed by atoms with Gasteiger partial charge in [0.25, 0.3) is 5.91 Å². The van der Waals surface area contributed by atoms with Crippen molar-refractivity contribution in [2.24, 2.45) is 7.05 Å². The Balaban J connectivity index is 1.51. The average Bonchev–Trinajstić information content (AvgIpc) is 3.38. The number of nitrogens with zero attached hydrogens (tertiary/aromatic N) is 5. The summed E-state index contributed by atoms with van der Waals surface area (Å²) in [7, 11) is 3.30. The number of rotatable bonds is 5. The molecule has 0 aliphatic carbocycles. The molecule has 0 bridgehead atoms. The second-order valence-corrected chi connectivity index (χ2v) is 10.7. The molecule has 0 spiro atoms. The standard InChI is InChI=1S/C33H35F2N5O3/c1-23(41)40-15-7-14-38(21-24-8-5-4-6-9-24)16-17-39(22-26-18-28(34)29(35)19-31(26)40)33(42)32-20-30(36-37(32)2)25-10-12-27(43-3)13-11-25/h4-6,8-13,18-20H,7,14-17,21-22H2,1-3H3. The molecule has 1 aliphatic rings. The number of hydrogen-bond donors (Lipinski definition) is 0. The third-order valence-corrected chi connectivity index (χ3v) is 7.72. The van der Waals surface area contributed by atoms with Gasteiger partial charge in [-0.25, -0.2) is 8.78 Å². The van der Waals surface area contributed by atoms with E-state index in [4.69, 9.17) is 4.74 Å². The van der Waals surface area contributed by atoms with Crippen LogP contribution in [0, 0.1) is 11.6 Å². The smallest absolute Gasteiger partial charge is 0.272 e. The zero-order chi connectivity index (χ0) is 30.5. The van der Waals surface area contributed by atoms with E-state index in [2.05, 4.69) is 10.00 Å². The minimum atomic E-state index is -1.04. The van der Waals surface area contributed by atoms with Crippen LogP contribution in [0.1, 0.15) is 35.0 Å². The first-order valence-electron chi connectivity index (χ1n) is 14.2. The Bertz CT molecular complexity index is 1590. The van der Waals surface area contributed by atoms with Gasteiger partial charge in [-0.15, -0.1) is 0 Å². The van der Waals surface area contributed by atoms with Crippen LogP contribution in [0.25, 0.3) is 11.3 Å². The summed E-state index contributed by atoms with van der Waals surface area (Å²) in [6.45, 7) is 3.90. The van der Waals surface area contributed by atoms with Crippen LogP contribution < -0.4 is 9.64 Å². The van der Waals surface area contributed by atoms with E-state index in [0.717, 1.165) is 23.3 Å². The van der Waals surface area contributed by atoms with E-state index in [0.29, 0.717) is 61.8 Å². The average molecular weight is 588 g/mol. The quantitative estimate of drug-likeness (QED) is 0.318. The minimum absolute atomic E-state index is 0.0165. The largest absolute Gasteiger partial charge is 0.497 e. The molecule has 2 heterocycles. The molecule has 43 heavy (non-hydrogen) atoms. The van der Waals surface area contributed by atoms with E-state index < -0.39 is 11.6 Å². The molecule has 5 rings (SSSR count). The molecule has 0 N–H and O–H groups in total. The molecule has 3 aromatic carbocycles. The third kappa shape index (κ3) is 6.91. The molecular formula is C33H35F2N5O3. The monoisotopic (exact) mass is 587 g/mol. The molecule has 0 unspecified atom stereocenters. The van der Waals surface area contributed by atoms with Crippen molar-refractivity contribution in [2.45, 2.75) is 26.4 Å². The maximum atomic E-state index is 14.6. The van der Waals surface area contributed by atoms with E-state index in [-0.39, 0.29) is 24.0 Å². The molecule has 1 aliphatic heterocycles. The lowest BCUT2D eigenvalue weighted by Crippen LogP contribution is -2.39. The number of aryl methyl sites for hydroxylation is 1. The van der Waals surface area contributed by atoms with Gasteiger partial charge in [-0.05, 0) is 53.9 Å². The summed E-state index contributed by atoms with van der Waals surface area (Å²) in [5.74, 6) is -1.95. The van der Waals surface area contributed by atoms with E-state index in [1.807, 2.05) is 54.6 Å². The van der Waals surface area contributed by atoms with Crippen LogP contribution in [0.3, 0.4) is 0 Å². The molecule has 0 radical (unpaired) electrons. The summed E-state index contributed by atoms with van der Waals surface area (Å²) in [5, 5.41) is 4.57. The lowest BCUT2D eigenvalue weighted by molar-refractivity contribution is -0.116. The van der Waals surface area contributed by atoms with Crippen LogP contribution in [0.15, 0.2) is 72.8 Å². The SMILES string of the molecule is COc1ccc(-c2cc(C(=O)N3CCN(Cc4ccccc4)CCCN(C(C)=O)c4cc(F)c(F)cc4C3)n(C)n2)cc1. The number of halogens is 2. The lowest BCUT2D eigenvalue weighted by Gasteiger charge is -2.28. The van der Waals surface area contributed by atoms with Gasteiger partial charge in [-0.3, -0.25) is 19.2 Å². The van der Waals surface area contributed by atoms with Crippen molar-refractivity contribution in [1.29, 1.82) is 0 Å². The van der Waals surface area contributed by atoms with Crippen LogP contribution in [0.4, 0.5) is 14.5 Å². The predicted octanol–water partition coefficient (Wildman–Crippen LogP) is 5.28. The van der Waals surface area contributed by atoms with Crippen LogP contribution in [-0.2, 0) is 24.9 Å². The normalized spacial score (nSPS) is 14.6. The van der Waals surface area contributed by atoms with Crippen molar-refractivity contribution in [2.75, 3.05) is 38.2 Å². The number of amides is 2. The van der Waals surface area contributed by atoms with Gasteiger partial charge in [0.2, 0.25) is 5.91 Å². The van der Waals surface area contributed by atoms with Gasteiger partial charge in [0.05, 0.1) is 18.5 Å². The molecule has 0 atom stereocenters. The van der Waals surface area contributed by atoms with E-state index in [9.17, 15) is 18.4 Å². The fourth-order valence-electron chi connectivity index (χ4n) is 5.42. The van der Waals surface area contributed by atoms with Crippen molar-refractivity contribution in [3.8, 4) is 17.0 Å². The lowest BCUT2D eigenvalue weighted by atomic mass is 10.1. The molecule has 10 heteroatoms. The number of anilines is 1. The summed E-state index contributed by atoms with van der Waals surface area (Å²) in [6.07, 6.45) is 0.617. The maximum Gasteiger partial charge on any atom is 0.272 e. The number of benzene rings is 3. The number of carbonyl (C=O) groups excluding carboxylic acids is 2. The Morgan fingerprint density at radius 3 is 2.33 bits per heavy atom. The molecule has 0 fully saturated rings. The van der Waals surface area contributed by atoms with Gasteiger partial charge in [0, 0.05) is 64.9 Å². The number of methoxy groups -OCH3 is 1. The summed E-state index contributed by atoms with van der Waals surface area (Å²) >= 11 is 0. The fraction of sp³-hybridized carbons (Fsp3) is 0.303. The van der Waals surface area contributed by atoms with Gasteiger partial charge in [-0.1, -0.05) is 30.3 Å². The Labute approximate surface area is 250 Å². The van der Waals surface area contributed by atoms with Gasteiger partial charge in [0.15, 0.2) is 11.6 Å². The highest BCUT2D eigenvalue weighted by Crippen LogP contribution is 2.28. The van der Waals surface area contributed by atoms with Crippen molar-refractivity contribution in [1.82, 2.24) is 19.6 Å². The summed E-state index contributed by atoms with van der Waals surface area (Å²) in [6, 6.07) is 21.3. The van der Waals surface area contributed by atoms with Crippen LogP contribution in [0.5, 0.6) is 5.75 Å². The van der Waals surface area contributed by atoms with E-state index >= 15 is 0 Å². The first-order chi connectivity index (χ1) is 20.7. The topological polar surface area (TPSA) is 70.9 Å². The Kier molecular flexibility index (Phi) is 9.16. The van der Waals surface area contributed by atoms with Crippen molar-refractivity contribution < 1.29 is 23.1 Å². The van der Waals surface area contributed by atoms with Gasteiger partial charge < -0.3 is 14.5 Å². The van der Waals surface area contributed by atoms with Crippen LogP contribution in [0.2, 0.25) is 0 Å². The molecular weight excluding hydrogens is 552 g/mol. The molecule has 8 nitrogen and oxygen atoms in total. The Morgan fingerprint density at radius 2 is 1.63 bits per heavy atom. The number of fused-ring (bicyclic) bond motifs is 1. The van der Waals surface area contributed by atoms with Crippen molar-refractivity contribution in [3.63, 3.8) is 0 Å². The summed E-state index contributed by atoms with van der Waals surface area (Å²) < 4.78 is 35.9. The fourth-order valence-corrected chi connectivity index (χ4v) is 5.42. The molecule has 0 saturated carbocycles. The first kappa shape index (κ1) is 29.9. The first-order valence-corrected chi connectivity index (χ1v) is 14.2. The van der Waals surface area contributed by atoms with Gasteiger partial charge >= 0.3 is 0 Å². The second-order valence-electron chi connectivity index (χ2n) is 10.7. The second kappa shape index (κ2) is 13.2. The van der Waals surface area contributed by atoms with Crippen LogP contribution >= 0.6 is 0 Å². The molecule has 2 amide bonds.